The molecule has 1 N–H and O–H groups in total. The number of hydrogen-bond acceptors (Lipinski definition) is 3. The Hall–Kier alpha value is -0.0900. The highest BCUT2D eigenvalue weighted by Crippen LogP contribution is 2.21. The molecule has 17 heavy (non-hydrogen) atoms. The van der Waals surface area contributed by atoms with Gasteiger partial charge in [0.15, 0.2) is 9.84 Å². The van der Waals surface area contributed by atoms with Gasteiger partial charge in [0.05, 0.1) is 10.5 Å². The zero-order chi connectivity index (χ0) is 13.5. The topological polar surface area (TPSA) is 46.2 Å². The number of hydrogen-bond donors (Lipinski definition) is 1. The van der Waals surface area contributed by atoms with Gasteiger partial charge in [-0.3, -0.25) is 0 Å². The lowest BCUT2D eigenvalue weighted by atomic mass is 10.1. The maximum Gasteiger partial charge on any atom is 0.157 e. The molecule has 0 rings (SSSR count). The van der Waals surface area contributed by atoms with Crippen molar-refractivity contribution in [3.63, 3.8) is 0 Å². The summed E-state index contributed by atoms with van der Waals surface area (Å²) in [6.07, 6.45) is 3.35. The molecule has 0 aromatic carbocycles. The first-order valence-corrected chi connectivity index (χ1v) is 8.52. The minimum atomic E-state index is -3.01. The number of nitrogens with one attached hydrogen (secondary N) is 1. The fourth-order valence-corrected chi connectivity index (χ4v) is 4.49. The summed E-state index contributed by atoms with van der Waals surface area (Å²) in [5.41, 5.74) is 0. The Labute approximate surface area is 107 Å². The van der Waals surface area contributed by atoms with Gasteiger partial charge in [-0.15, -0.1) is 0 Å². The van der Waals surface area contributed by atoms with E-state index in [-0.39, 0.29) is 16.5 Å². The van der Waals surface area contributed by atoms with E-state index in [0.717, 1.165) is 19.4 Å². The number of rotatable bonds is 9. The minimum absolute atomic E-state index is 0.106. The van der Waals surface area contributed by atoms with Crippen LogP contribution in [0.2, 0.25) is 0 Å². The van der Waals surface area contributed by atoms with Crippen LogP contribution in [0.3, 0.4) is 0 Å². The maximum atomic E-state index is 12.4. The predicted molar refractivity (Wildman–Crippen MR) is 75.1 cm³/mol. The molecule has 0 aromatic rings. The van der Waals surface area contributed by atoms with Crippen LogP contribution >= 0.6 is 0 Å². The molecule has 3 nitrogen and oxygen atoms in total. The Morgan fingerprint density at radius 2 is 1.65 bits per heavy atom. The Morgan fingerprint density at radius 3 is 2.00 bits per heavy atom. The molecule has 0 aromatic heterocycles. The SMILES string of the molecule is CCCC(NCC)C(CC)S(=O)(=O)C(C)CC. The molecule has 0 spiro atoms. The number of sulfone groups is 1. The minimum Gasteiger partial charge on any atom is -0.313 e. The highest BCUT2D eigenvalue weighted by Gasteiger charge is 2.34. The van der Waals surface area contributed by atoms with Gasteiger partial charge in [-0.25, -0.2) is 8.42 Å². The quantitative estimate of drug-likeness (QED) is 0.696. The van der Waals surface area contributed by atoms with E-state index in [4.69, 9.17) is 0 Å². The van der Waals surface area contributed by atoms with E-state index in [1.807, 2.05) is 27.7 Å². The van der Waals surface area contributed by atoms with Gasteiger partial charge in [-0.2, -0.15) is 0 Å². The molecule has 104 valence electrons. The van der Waals surface area contributed by atoms with Crippen molar-refractivity contribution in [2.45, 2.75) is 76.8 Å². The van der Waals surface area contributed by atoms with E-state index in [1.54, 1.807) is 0 Å². The lowest BCUT2D eigenvalue weighted by Gasteiger charge is -2.29. The van der Waals surface area contributed by atoms with E-state index < -0.39 is 9.84 Å². The summed E-state index contributed by atoms with van der Waals surface area (Å²) >= 11 is 0. The summed E-state index contributed by atoms with van der Waals surface area (Å²) in [6.45, 7) is 10.7. The van der Waals surface area contributed by atoms with Crippen molar-refractivity contribution in [2.24, 2.45) is 0 Å². The third kappa shape index (κ3) is 4.59. The fraction of sp³-hybridized carbons (Fsp3) is 1.00. The average Bonchev–Trinajstić information content (AvgIpc) is 2.29. The normalized spacial score (nSPS) is 17.7. The molecule has 0 aliphatic rings. The largest absolute Gasteiger partial charge is 0.313 e. The van der Waals surface area contributed by atoms with E-state index in [0.29, 0.717) is 12.8 Å². The van der Waals surface area contributed by atoms with E-state index in [9.17, 15) is 8.42 Å². The molecule has 3 atom stereocenters. The summed E-state index contributed by atoms with van der Waals surface area (Å²) in [5.74, 6) is 0. The van der Waals surface area contributed by atoms with Crippen LogP contribution in [-0.4, -0.2) is 31.5 Å². The van der Waals surface area contributed by atoms with E-state index in [1.165, 1.54) is 0 Å². The standard InChI is InChI=1S/C13H29NO2S/c1-6-10-12(14-9-4)13(8-3)17(15,16)11(5)7-2/h11-14H,6-10H2,1-5H3. The monoisotopic (exact) mass is 263 g/mol. The van der Waals surface area contributed by atoms with Crippen LogP contribution in [0.1, 0.15) is 60.3 Å². The zero-order valence-corrected chi connectivity index (χ0v) is 12.8. The highest BCUT2D eigenvalue weighted by atomic mass is 32.2. The van der Waals surface area contributed by atoms with Crippen molar-refractivity contribution >= 4 is 9.84 Å². The molecular formula is C13H29NO2S. The Kier molecular flexibility index (Phi) is 8.05. The Bertz CT molecular complexity index is 282. The second-order valence-electron chi connectivity index (χ2n) is 4.71. The second kappa shape index (κ2) is 8.09. The third-order valence-electron chi connectivity index (χ3n) is 3.47. The first kappa shape index (κ1) is 16.9. The summed E-state index contributed by atoms with van der Waals surface area (Å²) < 4.78 is 24.9. The van der Waals surface area contributed by atoms with E-state index in [2.05, 4.69) is 12.2 Å². The van der Waals surface area contributed by atoms with Gasteiger partial charge in [0.2, 0.25) is 0 Å². The van der Waals surface area contributed by atoms with Crippen molar-refractivity contribution in [3.8, 4) is 0 Å². The molecule has 0 amide bonds. The fourth-order valence-electron chi connectivity index (χ4n) is 2.27. The van der Waals surface area contributed by atoms with Gasteiger partial charge >= 0.3 is 0 Å². The van der Waals surface area contributed by atoms with Crippen molar-refractivity contribution in [1.82, 2.24) is 5.32 Å². The van der Waals surface area contributed by atoms with E-state index >= 15 is 0 Å². The van der Waals surface area contributed by atoms with Crippen molar-refractivity contribution in [3.05, 3.63) is 0 Å². The molecule has 0 aliphatic heterocycles. The molecule has 0 radical (unpaired) electrons. The van der Waals surface area contributed by atoms with Crippen molar-refractivity contribution < 1.29 is 8.42 Å². The van der Waals surface area contributed by atoms with Crippen LogP contribution < -0.4 is 5.32 Å². The van der Waals surface area contributed by atoms with Gasteiger partial charge in [0.1, 0.15) is 0 Å². The van der Waals surface area contributed by atoms with Crippen LogP contribution in [0.25, 0.3) is 0 Å². The molecule has 0 heterocycles. The summed E-state index contributed by atoms with van der Waals surface area (Å²) in [5, 5.41) is 2.87. The Balaban J connectivity index is 5.00. The van der Waals surface area contributed by atoms with Gasteiger partial charge < -0.3 is 5.32 Å². The zero-order valence-electron chi connectivity index (χ0n) is 12.0. The van der Waals surface area contributed by atoms with Crippen LogP contribution in [0.4, 0.5) is 0 Å². The maximum absolute atomic E-state index is 12.4. The summed E-state index contributed by atoms with van der Waals surface area (Å²) in [6, 6.07) is 0.106. The van der Waals surface area contributed by atoms with Crippen molar-refractivity contribution in [2.75, 3.05) is 6.54 Å². The predicted octanol–water partition coefficient (Wildman–Crippen LogP) is 2.76. The van der Waals surface area contributed by atoms with Crippen LogP contribution in [0.5, 0.6) is 0 Å². The summed E-state index contributed by atoms with van der Waals surface area (Å²) in [7, 11) is -3.01. The average molecular weight is 263 g/mol. The molecule has 4 heteroatoms. The smallest absolute Gasteiger partial charge is 0.157 e. The molecular weight excluding hydrogens is 234 g/mol. The Morgan fingerprint density at radius 1 is 1.06 bits per heavy atom. The lowest BCUT2D eigenvalue weighted by molar-refractivity contribution is 0.441. The summed E-state index contributed by atoms with van der Waals surface area (Å²) in [4.78, 5) is 0. The van der Waals surface area contributed by atoms with Gasteiger partial charge in [0, 0.05) is 6.04 Å². The third-order valence-corrected chi connectivity index (χ3v) is 6.44. The molecule has 3 unspecified atom stereocenters. The second-order valence-corrected chi connectivity index (χ2v) is 7.30. The first-order chi connectivity index (χ1) is 7.95. The van der Waals surface area contributed by atoms with Crippen LogP contribution in [0.15, 0.2) is 0 Å². The van der Waals surface area contributed by atoms with Crippen LogP contribution in [0, 0.1) is 0 Å². The van der Waals surface area contributed by atoms with Gasteiger partial charge in [-0.1, -0.05) is 34.1 Å². The molecule has 0 bridgehead atoms. The molecule has 0 saturated carbocycles. The molecule has 0 fully saturated rings. The van der Waals surface area contributed by atoms with Crippen LogP contribution in [-0.2, 0) is 9.84 Å². The first-order valence-electron chi connectivity index (χ1n) is 6.91. The lowest BCUT2D eigenvalue weighted by Crippen LogP contribution is -2.46. The van der Waals surface area contributed by atoms with Gasteiger partial charge in [-0.05, 0) is 32.7 Å². The van der Waals surface area contributed by atoms with Crippen molar-refractivity contribution in [1.29, 1.82) is 0 Å². The van der Waals surface area contributed by atoms with Gasteiger partial charge in [0.25, 0.3) is 0 Å². The molecule has 0 saturated heterocycles. The highest BCUT2D eigenvalue weighted by molar-refractivity contribution is 7.92. The molecule has 0 aliphatic carbocycles.